The van der Waals surface area contributed by atoms with Crippen LogP contribution in [0.3, 0.4) is 0 Å². The van der Waals surface area contributed by atoms with Crippen molar-refractivity contribution < 1.29 is 18.7 Å². The van der Waals surface area contributed by atoms with E-state index >= 15 is 0 Å². The third-order valence-corrected chi connectivity index (χ3v) is 5.80. The van der Waals surface area contributed by atoms with Crippen molar-refractivity contribution in [2.24, 2.45) is 0 Å². The molecule has 0 N–H and O–H groups in total. The van der Waals surface area contributed by atoms with Crippen molar-refractivity contribution in [3.05, 3.63) is 53.0 Å². The number of fused-ring (bicyclic) bond motifs is 1. The predicted octanol–water partition coefficient (Wildman–Crippen LogP) is 3.89. The van der Waals surface area contributed by atoms with Gasteiger partial charge in [0.05, 0.1) is 17.9 Å². The first-order chi connectivity index (χ1) is 14.1. The number of para-hydroxylation sites is 2. The molecule has 4 rings (SSSR count). The van der Waals surface area contributed by atoms with Crippen molar-refractivity contribution in [1.29, 1.82) is 0 Å². The summed E-state index contributed by atoms with van der Waals surface area (Å²) in [5.74, 6) is 1.97. The van der Waals surface area contributed by atoms with Gasteiger partial charge in [0.15, 0.2) is 17.6 Å². The van der Waals surface area contributed by atoms with E-state index in [0.29, 0.717) is 30.0 Å². The second-order valence-electron chi connectivity index (χ2n) is 6.41. The number of likely N-dealkylation sites (N-methyl/N-ethyl adjacent to an activating group) is 1. The van der Waals surface area contributed by atoms with Gasteiger partial charge in [-0.05, 0) is 40.2 Å². The van der Waals surface area contributed by atoms with Gasteiger partial charge < -0.3 is 18.8 Å². The lowest BCUT2D eigenvalue weighted by Gasteiger charge is -2.29. The first kappa shape index (κ1) is 19.8. The number of amides is 1. The lowest BCUT2D eigenvalue weighted by Crippen LogP contribution is -2.42. The van der Waals surface area contributed by atoms with E-state index in [1.807, 2.05) is 48.5 Å². The zero-order valence-corrected chi connectivity index (χ0v) is 18.0. The lowest BCUT2D eigenvalue weighted by atomic mass is 10.2. The summed E-state index contributed by atoms with van der Waals surface area (Å²) in [5.41, 5.74) is 0.810. The molecular weight excluding hydrogens is 458 g/mol. The van der Waals surface area contributed by atoms with Crippen LogP contribution in [0.4, 0.5) is 0 Å². The van der Waals surface area contributed by atoms with Crippen LogP contribution in [0.2, 0.25) is 0 Å². The minimum atomic E-state index is -0.214. The highest BCUT2D eigenvalue weighted by molar-refractivity contribution is 9.10. The Kier molecular flexibility index (Phi) is 6.05. The van der Waals surface area contributed by atoms with Crippen LogP contribution in [0.25, 0.3) is 11.5 Å². The van der Waals surface area contributed by atoms with Crippen molar-refractivity contribution in [3.63, 3.8) is 0 Å². The van der Waals surface area contributed by atoms with Crippen LogP contribution in [0.15, 0.2) is 62.6 Å². The van der Waals surface area contributed by atoms with E-state index < -0.39 is 0 Å². The summed E-state index contributed by atoms with van der Waals surface area (Å²) in [4.78, 5) is 14.1. The molecule has 0 saturated carbocycles. The number of nitrogens with zero attached hydrogens (tertiary/aromatic N) is 3. The molecule has 7 nitrogen and oxygen atoms in total. The molecule has 1 aromatic heterocycles. The minimum absolute atomic E-state index is 0.0573. The molecule has 3 aromatic rings. The molecule has 1 aliphatic heterocycles. The van der Waals surface area contributed by atoms with Crippen LogP contribution < -0.4 is 9.47 Å². The molecule has 0 aliphatic carbocycles. The van der Waals surface area contributed by atoms with Crippen LogP contribution in [0.1, 0.15) is 0 Å². The largest absolute Gasteiger partial charge is 0.486 e. The number of halogens is 1. The van der Waals surface area contributed by atoms with Gasteiger partial charge in [0.1, 0.15) is 6.61 Å². The first-order valence-electron chi connectivity index (χ1n) is 8.94. The van der Waals surface area contributed by atoms with E-state index in [9.17, 15) is 4.79 Å². The highest BCUT2D eigenvalue weighted by atomic mass is 79.9. The predicted molar refractivity (Wildman–Crippen MR) is 112 cm³/mol. The molecule has 0 bridgehead atoms. The number of rotatable bonds is 6. The summed E-state index contributed by atoms with van der Waals surface area (Å²) in [5, 5.41) is 8.42. The van der Waals surface area contributed by atoms with Gasteiger partial charge in [-0.25, -0.2) is 0 Å². The Bertz CT molecular complexity index is 1010. The average Bonchev–Trinajstić information content (AvgIpc) is 3.21. The topological polar surface area (TPSA) is 77.7 Å². The number of ether oxygens (including phenoxy) is 2. The fraction of sp³-hybridized carbons (Fsp3) is 0.250. The molecule has 150 valence electrons. The molecule has 0 radical (unpaired) electrons. The van der Waals surface area contributed by atoms with Crippen molar-refractivity contribution >= 4 is 33.6 Å². The second kappa shape index (κ2) is 8.87. The van der Waals surface area contributed by atoms with E-state index in [2.05, 4.69) is 26.1 Å². The molecule has 9 heteroatoms. The van der Waals surface area contributed by atoms with E-state index in [4.69, 9.17) is 13.9 Å². The van der Waals surface area contributed by atoms with Crippen molar-refractivity contribution in [2.45, 2.75) is 11.3 Å². The molecule has 0 saturated heterocycles. The molecular formula is C20H18BrN3O4S. The van der Waals surface area contributed by atoms with E-state index in [1.54, 1.807) is 11.9 Å². The van der Waals surface area contributed by atoms with Gasteiger partial charge in [0, 0.05) is 11.5 Å². The van der Waals surface area contributed by atoms with Crippen LogP contribution in [0, 0.1) is 0 Å². The van der Waals surface area contributed by atoms with Gasteiger partial charge in [-0.3, -0.25) is 4.79 Å². The summed E-state index contributed by atoms with van der Waals surface area (Å²) in [6.45, 7) is 0.834. The number of carbonyl (C=O) groups is 1. The van der Waals surface area contributed by atoms with Gasteiger partial charge >= 0.3 is 0 Å². The fourth-order valence-electron chi connectivity index (χ4n) is 2.81. The van der Waals surface area contributed by atoms with E-state index in [-0.39, 0.29) is 17.8 Å². The third-order valence-electron chi connectivity index (χ3n) is 4.30. The Balaban J connectivity index is 1.29. The molecule has 0 fully saturated rings. The Morgan fingerprint density at radius 3 is 2.76 bits per heavy atom. The summed E-state index contributed by atoms with van der Waals surface area (Å²) in [6.07, 6.45) is -0.214. The Morgan fingerprint density at radius 1 is 1.17 bits per heavy atom. The molecule has 0 unspecified atom stereocenters. The van der Waals surface area contributed by atoms with Gasteiger partial charge in [-0.15, -0.1) is 10.2 Å². The lowest BCUT2D eigenvalue weighted by molar-refractivity contribution is -0.128. The summed E-state index contributed by atoms with van der Waals surface area (Å²) in [6, 6.07) is 15.1. The number of hydrogen-bond acceptors (Lipinski definition) is 7. The SMILES string of the molecule is CN(C[C@@H]1COc2ccccc2O1)C(=O)CSc1nnc(-c2ccccc2Br)o1. The van der Waals surface area contributed by atoms with Gasteiger partial charge in [-0.1, -0.05) is 36.0 Å². The average molecular weight is 476 g/mol. The van der Waals surface area contributed by atoms with Gasteiger partial charge in [-0.2, -0.15) is 0 Å². The number of aromatic nitrogens is 2. The highest BCUT2D eigenvalue weighted by Gasteiger charge is 2.24. The monoisotopic (exact) mass is 475 g/mol. The maximum atomic E-state index is 12.5. The van der Waals surface area contributed by atoms with Crippen LogP contribution >= 0.6 is 27.7 Å². The summed E-state index contributed by atoms with van der Waals surface area (Å²) >= 11 is 4.67. The third kappa shape index (κ3) is 4.73. The zero-order chi connectivity index (χ0) is 20.2. The van der Waals surface area contributed by atoms with Crippen molar-refractivity contribution in [2.75, 3.05) is 26.0 Å². The number of thioether (sulfide) groups is 1. The molecule has 1 aliphatic rings. The van der Waals surface area contributed by atoms with Crippen LogP contribution in [-0.4, -0.2) is 53.1 Å². The van der Waals surface area contributed by atoms with Crippen molar-refractivity contribution in [3.8, 4) is 23.0 Å². The molecule has 2 aromatic carbocycles. The Labute approximate surface area is 180 Å². The standard InChI is InChI=1S/C20H18BrN3O4S/c1-24(10-13-11-26-16-8-4-5-9-17(16)27-13)18(25)12-29-20-23-22-19(28-20)14-6-2-3-7-15(14)21/h2-9,13H,10-12H2,1H3/t13-/m1/s1. The minimum Gasteiger partial charge on any atom is -0.486 e. The number of carbonyl (C=O) groups excluding carboxylic acids is 1. The molecule has 0 spiro atoms. The number of benzene rings is 2. The molecule has 2 heterocycles. The fourth-order valence-corrected chi connectivity index (χ4v) is 3.96. The normalized spacial score (nSPS) is 15.2. The van der Waals surface area contributed by atoms with Gasteiger partial charge in [0.2, 0.25) is 11.8 Å². The quantitative estimate of drug-likeness (QED) is 0.500. The van der Waals surface area contributed by atoms with Crippen molar-refractivity contribution in [1.82, 2.24) is 15.1 Å². The second-order valence-corrected chi connectivity index (χ2v) is 8.19. The molecule has 1 amide bonds. The Morgan fingerprint density at radius 2 is 1.93 bits per heavy atom. The van der Waals surface area contributed by atoms with Gasteiger partial charge in [0.25, 0.3) is 5.22 Å². The van der Waals surface area contributed by atoms with Crippen LogP contribution in [0.5, 0.6) is 11.5 Å². The maximum absolute atomic E-state index is 12.5. The highest BCUT2D eigenvalue weighted by Crippen LogP contribution is 2.31. The number of hydrogen-bond donors (Lipinski definition) is 0. The maximum Gasteiger partial charge on any atom is 0.277 e. The smallest absolute Gasteiger partial charge is 0.277 e. The van der Waals surface area contributed by atoms with E-state index in [0.717, 1.165) is 15.8 Å². The Hall–Kier alpha value is -2.52. The molecule has 1 atom stereocenters. The summed E-state index contributed by atoms with van der Waals surface area (Å²) in [7, 11) is 1.74. The van der Waals surface area contributed by atoms with Crippen LogP contribution in [-0.2, 0) is 4.79 Å². The zero-order valence-electron chi connectivity index (χ0n) is 15.6. The van der Waals surface area contributed by atoms with E-state index in [1.165, 1.54) is 11.8 Å². The molecule has 29 heavy (non-hydrogen) atoms. The summed E-state index contributed by atoms with van der Waals surface area (Å²) < 4.78 is 18.1. The first-order valence-corrected chi connectivity index (χ1v) is 10.7.